The van der Waals surface area contributed by atoms with Crippen molar-refractivity contribution in [2.75, 3.05) is 13.2 Å². The minimum Gasteiger partial charge on any atom is -0.396 e. The predicted molar refractivity (Wildman–Crippen MR) is 89.4 cm³/mol. The maximum Gasteiger partial charge on any atom is 0.0499 e. The summed E-state index contributed by atoms with van der Waals surface area (Å²) >= 11 is 1.85. The Kier molecular flexibility index (Phi) is 4.73. The smallest absolute Gasteiger partial charge is 0.0499 e. The lowest BCUT2D eigenvalue weighted by Gasteiger charge is -2.26. The third kappa shape index (κ3) is 3.54. The van der Waals surface area contributed by atoms with Gasteiger partial charge >= 0.3 is 0 Å². The summed E-state index contributed by atoms with van der Waals surface area (Å²) in [4.78, 5) is 2.69. The second-order valence-corrected chi connectivity index (χ2v) is 7.27. The molecule has 0 spiro atoms. The highest BCUT2D eigenvalue weighted by molar-refractivity contribution is 7.15. The summed E-state index contributed by atoms with van der Waals surface area (Å²) < 4.78 is 0. The molecule has 0 unspecified atom stereocenters. The lowest BCUT2D eigenvalue weighted by Crippen LogP contribution is -2.34. The van der Waals surface area contributed by atoms with Gasteiger partial charge in [0.1, 0.15) is 0 Å². The van der Waals surface area contributed by atoms with Gasteiger partial charge in [0.2, 0.25) is 0 Å². The largest absolute Gasteiger partial charge is 0.396 e. The van der Waals surface area contributed by atoms with E-state index in [1.807, 2.05) is 11.3 Å². The highest BCUT2D eigenvalue weighted by Crippen LogP contribution is 2.37. The summed E-state index contributed by atoms with van der Waals surface area (Å²) in [5.41, 5.74) is 1.43. The van der Waals surface area contributed by atoms with Gasteiger partial charge in [0, 0.05) is 34.9 Å². The number of aliphatic hydroxyl groups is 1. The van der Waals surface area contributed by atoms with Gasteiger partial charge in [-0.2, -0.15) is 0 Å². The van der Waals surface area contributed by atoms with E-state index < -0.39 is 0 Å². The molecule has 3 heteroatoms. The Labute approximate surface area is 130 Å². The van der Waals surface area contributed by atoms with E-state index >= 15 is 0 Å². The standard InChI is InChI=1S/C18H23NOS/c20-14-18(10-4-5-11-18)13-19-12-16-8-9-17(21-16)15-6-2-1-3-7-15/h1-3,6-9,19-20H,4-5,10-14H2. The zero-order chi connectivity index (χ0) is 14.5. The Balaban J connectivity index is 1.56. The molecule has 1 aromatic heterocycles. The maximum absolute atomic E-state index is 9.63. The van der Waals surface area contributed by atoms with E-state index in [-0.39, 0.29) is 5.41 Å². The number of hydrogen-bond donors (Lipinski definition) is 2. The van der Waals surface area contributed by atoms with Crippen molar-refractivity contribution in [1.82, 2.24) is 5.32 Å². The zero-order valence-electron chi connectivity index (χ0n) is 12.3. The topological polar surface area (TPSA) is 32.3 Å². The van der Waals surface area contributed by atoms with E-state index in [2.05, 4.69) is 47.8 Å². The van der Waals surface area contributed by atoms with Crippen molar-refractivity contribution in [2.24, 2.45) is 5.41 Å². The molecule has 1 aliphatic rings. The number of hydrogen-bond acceptors (Lipinski definition) is 3. The summed E-state index contributed by atoms with van der Waals surface area (Å²) in [6.45, 7) is 2.15. The average molecular weight is 301 g/mol. The zero-order valence-corrected chi connectivity index (χ0v) is 13.2. The molecule has 21 heavy (non-hydrogen) atoms. The summed E-state index contributed by atoms with van der Waals surface area (Å²) in [7, 11) is 0. The molecule has 1 fully saturated rings. The van der Waals surface area contributed by atoms with E-state index in [9.17, 15) is 5.11 Å². The number of nitrogens with one attached hydrogen (secondary N) is 1. The van der Waals surface area contributed by atoms with Crippen molar-refractivity contribution >= 4 is 11.3 Å². The molecule has 0 bridgehead atoms. The molecule has 3 rings (SSSR count). The van der Waals surface area contributed by atoms with Crippen LogP contribution in [0.4, 0.5) is 0 Å². The van der Waals surface area contributed by atoms with E-state index in [4.69, 9.17) is 0 Å². The van der Waals surface area contributed by atoms with Crippen molar-refractivity contribution < 1.29 is 5.11 Å². The predicted octanol–water partition coefficient (Wildman–Crippen LogP) is 4.06. The van der Waals surface area contributed by atoms with Crippen molar-refractivity contribution in [2.45, 2.75) is 32.2 Å². The summed E-state index contributed by atoms with van der Waals surface area (Å²) in [6, 6.07) is 14.9. The van der Waals surface area contributed by atoms with Crippen molar-refractivity contribution in [3.8, 4) is 10.4 Å². The van der Waals surface area contributed by atoms with Gasteiger partial charge in [-0.3, -0.25) is 0 Å². The van der Waals surface area contributed by atoms with Crippen LogP contribution in [0.3, 0.4) is 0 Å². The molecule has 0 radical (unpaired) electrons. The van der Waals surface area contributed by atoms with Gasteiger partial charge in [0.05, 0.1) is 0 Å². The first kappa shape index (κ1) is 14.8. The van der Waals surface area contributed by atoms with Crippen LogP contribution in [0.25, 0.3) is 10.4 Å². The van der Waals surface area contributed by atoms with Crippen LogP contribution < -0.4 is 5.32 Å². The number of benzene rings is 1. The fourth-order valence-electron chi connectivity index (χ4n) is 3.20. The van der Waals surface area contributed by atoms with Gasteiger partial charge in [-0.15, -0.1) is 11.3 Å². The fraction of sp³-hybridized carbons (Fsp3) is 0.444. The van der Waals surface area contributed by atoms with Gasteiger partial charge < -0.3 is 10.4 Å². The Morgan fingerprint density at radius 2 is 1.81 bits per heavy atom. The molecule has 1 aliphatic carbocycles. The van der Waals surface area contributed by atoms with Crippen molar-refractivity contribution in [3.05, 3.63) is 47.3 Å². The molecule has 0 aliphatic heterocycles. The molecule has 0 amide bonds. The molecular formula is C18H23NOS. The SMILES string of the molecule is OCC1(CNCc2ccc(-c3ccccc3)s2)CCCC1. The van der Waals surface area contributed by atoms with E-state index in [0.29, 0.717) is 6.61 Å². The first-order chi connectivity index (χ1) is 10.3. The van der Waals surface area contributed by atoms with Gasteiger partial charge in [0.25, 0.3) is 0 Å². The van der Waals surface area contributed by atoms with Crippen LogP contribution in [0.15, 0.2) is 42.5 Å². The second kappa shape index (κ2) is 6.73. The van der Waals surface area contributed by atoms with Gasteiger partial charge in [-0.05, 0) is 30.5 Å². The lowest BCUT2D eigenvalue weighted by atomic mass is 9.87. The van der Waals surface area contributed by atoms with Crippen LogP contribution in [-0.4, -0.2) is 18.3 Å². The number of aliphatic hydroxyl groups excluding tert-OH is 1. The van der Waals surface area contributed by atoms with Crippen LogP contribution in [0.5, 0.6) is 0 Å². The molecule has 0 saturated heterocycles. The average Bonchev–Trinajstić information content (AvgIpc) is 3.18. The molecule has 0 atom stereocenters. The highest BCUT2D eigenvalue weighted by Gasteiger charge is 2.32. The van der Waals surface area contributed by atoms with Crippen molar-refractivity contribution in [1.29, 1.82) is 0 Å². The Morgan fingerprint density at radius 1 is 1.05 bits per heavy atom. The first-order valence-electron chi connectivity index (χ1n) is 7.77. The maximum atomic E-state index is 9.63. The molecular weight excluding hydrogens is 278 g/mol. The summed E-state index contributed by atoms with van der Waals surface area (Å²) in [6.07, 6.45) is 4.85. The van der Waals surface area contributed by atoms with Crippen LogP contribution in [-0.2, 0) is 6.54 Å². The minimum absolute atomic E-state index is 0.138. The first-order valence-corrected chi connectivity index (χ1v) is 8.59. The summed E-state index contributed by atoms with van der Waals surface area (Å²) in [5.74, 6) is 0. The number of rotatable bonds is 6. The fourth-order valence-corrected chi connectivity index (χ4v) is 4.18. The van der Waals surface area contributed by atoms with E-state index in [1.165, 1.54) is 28.2 Å². The van der Waals surface area contributed by atoms with Crippen molar-refractivity contribution in [3.63, 3.8) is 0 Å². The molecule has 1 heterocycles. The third-order valence-corrected chi connectivity index (χ3v) is 5.65. The molecule has 1 saturated carbocycles. The van der Waals surface area contributed by atoms with Gasteiger partial charge in [-0.25, -0.2) is 0 Å². The monoisotopic (exact) mass is 301 g/mol. The quantitative estimate of drug-likeness (QED) is 0.843. The van der Waals surface area contributed by atoms with E-state index in [0.717, 1.165) is 25.9 Å². The minimum atomic E-state index is 0.138. The third-order valence-electron chi connectivity index (χ3n) is 4.52. The molecule has 2 nitrogen and oxygen atoms in total. The normalized spacial score (nSPS) is 17.2. The molecule has 1 aromatic carbocycles. The molecule has 112 valence electrons. The van der Waals surface area contributed by atoms with Crippen LogP contribution in [0.1, 0.15) is 30.6 Å². The Morgan fingerprint density at radius 3 is 2.52 bits per heavy atom. The second-order valence-electron chi connectivity index (χ2n) is 6.10. The van der Waals surface area contributed by atoms with Crippen LogP contribution in [0.2, 0.25) is 0 Å². The molecule has 2 aromatic rings. The van der Waals surface area contributed by atoms with Crippen LogP contribution >= 0.6 is 11.3 Å². The number of thiophene rings is 1. The lowest BCUT2D eigenvalue weighted by molar-refractivity contribution is 0.128. The summed E-state index contributed by atoms with van der Waals surface area (Å²) in [5, 5.41) is 13.2. The Hall–Kier alpha value is -1.16. The highest BCUT2D eigenvalue weighted by atomic mass is 32.1. The molecule has 2 N–H and O–H groups in total. The Bertz CT molecular complexity index is 558. The van der Waals surface area contributed by atoms with E-state index in [1.54, 1.807) is 0 Å². The van der Waals surface area contributed by atoms with Gasteiger partial charge in [0.15, 0.2) is 0 Å². The van der Waals surface area contributed by atoms with Crippen LogP contribution in [0, 0.1) is 5.41 Å². The van der Waals surface area contributed by atoms with Gasteiger partial charge in [-0.1, -0.05) is 43.2 Å².